The molecule has 2 N–H and O–H groups in total. The minimum atomic E-state index is 0. The van der Waals surface area contributed by atoms with Crippen LogP contribution >= 0.6 is 24.0 Å². The topological polar surface area (TPSA) is 36.4 Å². The maximum absolute atomic E-state index is 4.28. The zero-order valence-electron chi connectivity index (χ0n) is 13.6. The number of unbranched alkanes of at least 4 members (excludes halogenated alkanes) is 3. The highest BCUT2D eigenvalue weighted by molar-refractivity contribution is 14.0. The van der Waals surface area contributed by atoms with Gasteiger partial charge in [-0.1, -0.05) is 62.9 Å². The lowest BCUT2D eigenvalue weighted by molar-refractivity contribution is 0.537. The highest BCUT2D eigenvalue weighted by Gasteiger charge is 2.04. The molecule has 0 amide bonds. The minimum Gasteiger partial charge on any atom is -0.354 e. The molecule has 4 heteroatoms. The normalized spacial score (nSPS) is 12.4. The molecule has 0 fully saturated rings. The molecule has 1 atom stereocenters. The molecule has 0 aliphatic heterocycles. The molecule has 0 bridgehead atoms. The van der Waals surface area contributed by atoms with Crippen molar-refractivity contribution < 1.29 is 0 Å². The molecule has 3 nitrogen and oxygen atoms in total. The fourth-order valence-electron chi connectivity index (χ4n) is 2.16. The van der Waals surface area contributed by atoms with Crippen LogP contribution in [0.3, 0.4) is 0 Å². The van der Waals surface area contributed by atoms with Gasteiger partial charge in [-0.25, -0.2) is 0 Å². The lowest BCUT2D eigenvalue weighted by atomic mass is 10.1. The van der Waals surface area contributed by atoms with Crippen molar-refractivity contribution in [2.45, 2.75) is 58.5 Å². The summed E-state index contributed by atoms with van der Waals surface area (Å²) < 4.78 is 0. The van der Waals surface area contributed by atoms with Crippen LogP contribution in [0.2, 0.25) is 0 Å². The van der Waals surface area contributed by atoms with E-state index in [9.17, 15) is 0 Å². The summed E-state index contributed by atoms with van der Waals surface area (Å²) in [5.74, 6) is 0.886. The first-order chi connectivity index (χ1) is 9.76. The van der Waals surface area contributed by atoms with Gasteiger partial charge in [0.25, 0.3) is 0 Å². The Morgan fingerprint density at radius 1 is 1.14 bits per heavy atom. The molecule has 0 aliphatic carbocycles. The van der Waals surface area contributed by atoms with Gasteiger partial charge >= 0.3 is 0 Å². The monoisotopic (exact) mass is 403 g/mol. The molecule has 0 spiro atoms. The Balaban J connectivity index is 0.00000400. The quantitative estimate of drug-likeness (QED) is 0.293. The second-order valence-electron chi connectivity index (χ2n) is 5.31. The molecule has 1 aromatic carbocycles. The number of halogens is 1. The number of benzene rings is 1. The first-order valence-electron chi connectivity index (χ1n) is 7.77. The molecule has 1 aromatic rings. The van der Waals surface area contributed by atoms with E-state index in [0.29, 0.717) is 6.04 Å². The maximum Gasteiger partial charge on any atom is 0.191 e. The van der Waals surface area contributed by atoms with Crippen molar-refractivity contribution in [3.05, 3.63) is 35.9 Å². The zero-order valence-corrected chi connectivity index (χ0v) is 15.9. The Morgan fingerprint density at radius 3 is 2.48 bits per heavy atom. The predicted octanol–water partition coefficient (Wildman–Crippen LogP) is 4.33. The molecule has 0 saturated heterocycles. The lowest BCUT2D eigenvalue weighted by Crippen LogP contribution is -2.41. The number of aliphatic imine (C=N–C) groups is 1. The molecular weight excluding hydrogens is 373 g/mol. The number of nitrogens with zero attached hydrogens (tertiary/aromatic N) is 1. The van der Waals surface area contributed by atoms with Crippen molar-refractivity contribution in [1.29, 1.82) is 0 Å². The first-order valence-corrected chi connectivity index (χ1v) is 7.77. The van der Waals surface area contributed by atoms with E-state index < -0.39 is 0 Å². The van der Waals surface area contributed by atoms with Gasteiger partial charge in [0.05, 0.1) is 0 Å². The van der Waals surface area contributed by atoms with Crippen molar-refractivity contribution in [1.82, 2.24) is 10.6 Å². The molecule has 0 aromatic heterocycles. The second kappa shape index (κ2) is 12.9. The van der Waals surface area contributed by atoms with Crippen molar-refractivity contribution in [2.75, 3.05) is 7.05 Å². The fourth-order valence-corrected chi connectivity index (χ4v) is 2.16. The van der Waals surface area contributed by atoms with E-state index in [-0.39, 0.29) is 24.0 Å². The third-order valence-electron chi connectivity index (χ3n) is 3.40. The molecule has 0 aliphatic rings. The van der Waals surface area contributed by atoms with Crippen LogP contribution < -0.4 is 10.6 Å². The summed E-state index contributed by atoms with van der Waals surface area (Å²) >= 11 is 0. The van der Waals surface area contributed by atoms with Crippen molar-refractivity contribution >= 4 is 29.9 Å². The van der Waals surface area contributed by atoms with Gasteiger partial charge in [-0.3, -0.25) is 4.99 Å². The third kappa shape index (κ3) is 9.72. The van der Waals surface area contributed by atoms with E-state index in [1.165, 1.54) is 37.7 Å². The summed E-state index contributed by atoms with van der Waals surface area (Å²) in [6, 6.07) is 10.9. The van der Waals surface area contributed by atoms with E-state index >= 15 is 0 Å². The molecular formula is C17H30IN3. The van der Waals surface area contributed by atoms with Crippen LogP contribution in [-0.2, 0) is 6.54 Å². The van der Waals surface area contributed by atoms with Gasteiger partial charge in [-0.15, -0.1) is 24.0 Å². The highest BCUT2D eigenvalue weighted by atomic mass is 127. The average molecular weight is 403 g/mol. The smallest absolute Gasteiger partial charge is 0.191 e. The molecule has 1 rings (SSSR count). The Bertz CT molecular complexity index is 379. The number of nitrogens with one attached hydrogen (secondary N) is 2. The maximum atomic E-state index is 4.28. The van der Waals surface area contributed by atoms with Crippen molar-refractivity contribution in [2.24, 2.45) is 4.99 Å². The van der Waals surface area contributed by atoms with Crippen molar-refractivity contribution in [3.63, 3.8) is 0 Å². The second-order valence-corrected chi connectivity index (χ2v) is 5.31. The Hall–Kier alpha value is -0.780. The van der Waals surface area contributed by atoms with E-state index in [1.807, 2.05) is 13.1 Å². The minimum absolute atomic E-state index is 0. The van der Waals surface area contributed by atoms with Gasteiger partial charge in [0.2, 0.25) is 0 Å². The van der Waals surface area contributed by atoms with E-state index in [2.05, 4.69) is 53.7 Å². The van der Waals surface area contributed by atoms with Crippen LogP contribution in [0.1, 0.15) is 51.5 Å². The van der Waals surface area contributed by atoms with Gasteiger partial charge in [0, 0.05) is 19.6 Å². The Kier molecular flexibility index (Phi) is 12.4. The van der Waals surface area contributed by atoms with E-state index in [1.54, 1.807) is 0 Å². The molecule has 0 heterocycles. The number of guanidine groups is 1. The largest absolute Gasteiger partial charge is 0.354 e. The van der Waals surface area contributed by atoms with E-state index in [4.69, 9.17) is 0 Å². The summed E-state index contributed by atoms with van der Waals surface area (Å²) in [7, 11) is 1.82. The Labute approximate surface area is 147 Å². The molecule has 120 valence electrons. The third-order valence-corrected chi connectivity index (χ3v) is 3.40. The molecule has 0 saturated carbocycles. The highest BCUT2D eigenvalue weighted by Crippen LogP contribution is 2.05. The standard InChI is InChI=1S/C17H29N3.HI/c1-4-5-6-8-11-15(2)20-17(18-3)19-14-16-12-9-7-10-13-16;/h7,9-10,12-13,15H,4-6,8,11,14H2,1-3H3,(H2,18,19,20);1H. The number of rotatable bonds is 8. The summed E-state index contributed by atoms with van der Waals surface area (Å²) in [4.78, 5) is 4.28. The van der Waals surface area contributed by atoms with Crippen LogP contribution in [0.4, 0.5) is 0 Å². The van der Waals surface area contributed by atoms with Gasteiger partial charge in [0.15, 0.2) is 5.96 Å². The molecule has 1 unspecified atom stereocenters. The van der Waals surface area contributed by atoms with Crippen LogP contribution in [0.25, 0.3) is 0 Å². The summed E-state index contributed by atoms with van der Waals surface area (Å²) in [5.41, 5.74) is 1.27. The number of hydrogen-bond donors (Lipinski definition) is 2. The van der Waals surface area contributed by atoms with Gasteiger partial charge in [0.1, 0.15) is 0 Å². The summed E-state index contributed by atoms with van der Waals surface area (Å²) in [6.45, 7) is 5.28. The fraction of sp³-hybridized carbons (Fsp3) is 0.588. The summed E-state index contributed by atoms with van der Waals surface area (Å²) in [6.07, 6.45) is 6.46. The van der Waals surface area contributed by atoms with Crippen LogP contribution in [0.5, 0.6) is 0 Å². The van der Waals surface area contributed by atoms with Gasteiger partial charge in [-0.05, 0) is 18.9 Å². The van der Waals surface area contributed by atoms with Gasteiger partial charge in [-0.2, -0.15) is 0 Å². The predicted molar refractivity (Wildman–Crippen MR) is 103 cm³/mol. The van der Waals surface area contributed by atoms with E-state index in [0.717, 1.165) is 12.5 Å². The lowest BCUT2D eigenvalue weighted by Gasteiger charge is -2.18. The molecule has 0 radical (unpaired) electrons. The van der Waals surface area contributed by atoms with Crippen molar-refractivity contribution in [3.8, 4) is 0 Å². The van der Waals surface area contributed by atoms with Crippen LogP contribution in [0.15, 0.2) is 35.3 Å². The Morgan fingerprint density at radius 2 is 1.86 bits per heavy atom. The average Bonchev–Trinajstić information content (AvgIpc) is 2.49. The van der Waals surface area contributed by atoms with Crippen LogP contribution in [0, 0.1) is 0 Å². The molecule has 21 heavy (non-hydrogen) atoms. The van der Waals surface area contributed by atoms with Crippen LogP contribution in [-0.4, -0.2) is 19.0 Å². The first kappa shape index (κ1) is 20.2. The SMILES string of the molecule is CCCCCCC(C)NC(=NC)NCc1ccccc1.I. The number of hydrogen-bond acceptors (Lipinski definition) is 1. The summed E-state index contributed by atoms with van der Waals surface area (Å²) in [5, 5.41) is 6.81. The van der Waals surface area contributed by atoms with Gasteiger partial charge < -0.3 is 10.6 Å². The zero-order chi connectivity index (χ0) is 14.6.